The number of amides is 2. The number of carbonyl (C=O) groups is 2. The molecular formula is C29H48N2O5Si. The quantitative estimate of drug-likeness (QED) is 0.511. The number of aliphatic hydroxyl groups is 1. The van der Waals surface area contributed by atoms with Gasteiger partial charge in [-0.25, -0.2) is 0 Å². The molecule has 3 aliphatic heterocycles. The van der Waals surface area contributed by atoms with Gasteiger partial charge in [-0.1, -0.05) is 32.9 Å². The standard InChI is InChI=1S/C29H48N2O5Si/c1-19-27(37(4,5)22-14-12-21(35-3)13-15-22)25(17-26(33)31-16-8-9-20(31)18-32)36-29(19)23-10-6-7-11-24(23)30(2)28(29)34/h19-22,25,27,32H,6-18H2,1-5H3/t19-,20+,21?,22?,25+,27-,29+/m1/s1. The van der Waals surface area contributed by atoms with Crippen molar-refractivity contribution in [3.05, 3.63) is 11.3 Å². The van der Waals surface area contributed by atoms with Crippen LogP contribution in [0.15, 0.2) is 11.3 Å². The number of likely N-dealkylation sites (N-methyl/N-ethyl adjacent to an activating group) is 1. The maximum atomic E-state index is 14.1. The smallest absolute Gasteiger partial charge is 0.263 e. The Balaban J connectivity index is 1.49. The Morgan fingerprint density at radius 2 is 1.84 bits per heavy atom. The lowest BCUT2D eigenvalue weighted by Crippen LogP contribution is -2.50. The number of aliphatic hydroxyl groups excluding tert-OH is 1. The third-order valence-electron chi connectivity index (χ3n) is 11.0. The van der Waals surface area contributed by atoms with Gasteiger partial charge in [0.2, 0.25) is 5.91 Å². The third-order valence-corrected chi connectivity index (χ3v) is 16.3. The normalized spacial score (nSPS) is 38.7. The molecule has 1 N–H and O–H groups in total. The lowest BCUT2D eigenvalue weighted by atomic mass is 9.78. The molecule has 3 fully saturated rings. The highest BCUT2D eigenvalue weighted by molar-refractivity contribution is 6.80. The molecule has 0 aromatic heterocycles. The summed E-state index contributed by atoms with van der Waals surface area (Å²) in [5.74, 6) is 0.231. The highest BCUT2D eigenvalue weighted by atomic mass is 28.3. The molecule has 0 aromatic rings. The van der Waals surface area contributed by atoms with Gasteiger partial charge in [-0.2, -0.15) is 0 Å². The molecule has 0 aromatic carbocycles. The predicted molar refractivity (Wildman–Crippen MR) is 146 cm³/mol. The number of methoxy groups -OCH3 is 1. The van der Waals surface area contributed by atoms with Gasteiger partial charge in [0.05, 0.1) is 39.4 Å². The number of hydrogen-bond acceptors (Lipinski definition) is 5. The van der Waals surface area contributed by atoms with E-state index in [1.807, 2.05) is 24.0 Å². The van der Waals surface area contributed by atoms with Crippen LogP contribution in [0.3, 0.4) is 0 Å². The first kappa shape index (κ1) is 27.3. The SMILES string of the molecule is COC1CCC([Si](C)(C)[C@H]2[C@H](CC(=O)N3CCC[C@H]3CO)O[C@@]3(C(=O)N(C)C4=C3CCCC4)[C@@H]2C)CC1. The van der Waals surface area contributed by atoms with Gasteiger partial charge in [0.25, 0.3) is 5.91 Å². The fourth-order valence-electron chi connectivity index (χ4n) is 9.00. The van der Waals surface area contributed by atoms with E-state index >= 15 is 0 Å². The number of likely N-dealkylation sites (tertiary alicyclic amines) is 1. The summed E-state index contributed by atoms with van der Waals surface area (Å²) in [6.45, 7) is 7.98. The topological polar surface area (TPSA) is 79.3 Å². The van der Waals surface area contributed by atoms with Crippen LogP contribution in [0, 0.1) is 5.92 Å². The van der Waals surface area contributed by atoms with E-state index in [0.29, 0.717) is 24.6 Å². The second kappa shape index (κ2) is 10.4. The Kier molecular flexibility index (Phi) is 7.68. The largest absolute Gasteiger partial charge is 0.394 e. The molecule has 37 heavy (non-hydrogen) atoms. The molecule has 2 saturated heterocycles. The van der Waals surface area contributed by atoms with Crippen LogP contribution in [0.1, 0.15) is 77.6 Å². The minimum Gasteiger partial charge on any atom is -0.394 e. The number of nitrogens with zero attached hydrogens (tertiary/aromatic N) is 2. The van der Waals surface area contributed by atoms with E-state index in [0.717, 1.165) is 64.2 Å². The van der Waals surface area contributed by atoms with Crippen LogP contribution in [0.2, 0.25) is 24.2 Å². The molecule has 7 nitrogen and oxygen atoms in total. The van der Waals surface area contributed by atoms with Crippen LogP contribution in [-0.2, 0) is 19.1 Å². The Hall–Kier alpha value is -1.22. The Bertz CT molecular complexity index is 929. The summed E-state index contributed by atoms with van der Waals surface area (Å²) in [7, 11) is 1.78. The minimum atomic E-state index is -1.97. The lowest BCUT2D eigenvalue weighted by Gasteiger charge is -2.45. The second-order valence-corrected chi connectivity index (χ2v) is 18.1. The molecule has 1 spiro atoms. The molecule has 0 unspecified atom stereocenters. The number of fused-ring (bicyclic) bond motifs is 1. The highest BCUT2D eigenvalue weighted by Crippen LogP contribution is 2.61. The van der Waals surface area contributed by atoms with Crippen molar-refractivity contribution in [1.82, 2.24) is 9.80 Å². The average molecular weight is 533 g/mol. The van der Waals surface area contributed by atoms with Crippen molar-refractivity contribution in [1.29, 1.82) is 0 Å². The number of allylic oxidation sites excluding steroid dienone is 1. The molecule has 5 aliphatic rings. The molecule has 1 saturated carbocycles. The highest BCUT2D eigenvalue weighted by Gasteiger charge is 2.67. The summed E-state index contributed by atoms with van der Waals surface area (Å²) < 4.78 is 12.7. The van der Waals surface area contributed by atoms with Gasteiger partial charge >= 0.3 is 0 Å². The van der Waals surface area contributed by atoms with Gasteiger partial charge in [-0.15, -0.1) is 0 Å². The summed E-state index contributed by atoms with van der Waals surface area (Å²) in [5.41, 5.74) is 2.33. The first-order valence-corrected chi connectivity index (χ1v) is 17.9. The first-order valence-electron chi connectivity index (χ1n) is 14.8. The molecule has 3 heterocycles. The van der Waals surface area contributed by atoms with E-state index in [-0.39, 0.29) is 42.0 Å². The van der Waals surface area contributed by atoms with Crippen LogP contribution < -0.4 is 0 Å². The Labute approximate surface area is 223 Å². The van der Waals surface area contributed by atoms with Crippen LogP contribution in [0.25, 0.3) is 0 Å². The zero-order valence-electron chi connectivity index (χ0n) is 23.6. The van der Waals surface area contributed by atoms with Gasteiger partial charge in [0, 0.05) is 32.3 Å². The van der Waals surface area contributed by atoms with Crippen LogP contribution in [0.5, 0.6) is 0 Å². The van der Waals surface area contributed by atoms with E-state index in [9.17, 15) is 14.7 Å². The van der Waals surface area contributed by atoms with Crippen LogP contribution in [-0.4, -0.2) is 86.0 Å². The molecular weight excluding hydrogens is 484 g/mol. The zero-order chi connectivity index (χ0) is 26.5. The van der Waals surface area contributed by atoms with Crippen molar-refractivity contribution in [2.45, 2.75) is 126 Å². The fourth-order valence-corrected chi connectivity index (χ4v) is 14.0. The van der Waals surface area contributed by atoms with Crippen molar-refractivity contribution in [3.63, 3.8) is 0 Å². The number of rotatable bonds is 6. The van der Waals surface area contributed by atoms with Crippen molar-refractivity contribution >= 4 is 19.9 Å². The molecule has 2 amide bonds. The molecule has 0 bridgehead atoms. The second-order valence-electron chi connectivity index (χ2n) is 13.0. The van der Waals surface area contributed by atoms with Gasteiger partial charge in [-0.3, -0.25) is 9.59 Å². The van der Waals surface area contributed by atoms with E-state index < -0.39 is 13.7 Å². The first-order chi connectivity index (χ1) is 17.7. The van der Waals surface area contributed by atoms with Crippen molar-refractivity contribution < 1.29 is 24.2 Å². The van der Waals surface area contributed by atoms with Gasteiger partial charge in [-0.05, 0) is 68.0 Å². The molecule has 0 radical (unpaired) electrons. The van der Waals surface area contributed by atoms with Gasteiger partial charge < -0.3 is 24.4 Å². The maximum absolute atomic E-state index is 14.1. The van der Waals surface area contributed by atoms with Crippen molar-refractivity contribution in [2.75, 3.05) is 27.3 Å². The Morgan fingerprint density at radius 1 is 1.14 bits per heavy atom. The summed E-state index contributed by atoms with van der Waals surface area (Å²) in [6.07, 6.45) is 10.8. The summed E-state index contributed by atoms with van der Waals surface area (Å²) in [4.78, 5) is 31.5. The van der Waals surface area contributed by atoms with E-state index in [1.165, 1.54) is 11.3 Å². The van der Waals surface area contributed by atoms with Crippen LogP contribution in [0.4, 0.5) is 0 Å². The van der Waals surface area contributed by atoms with E-state index in [2.05, 4.69) is 20.0 Å². The third kappa shape index (κ3) is 4.34. The summed E-state index contributed by atoms with van der Waals surface area (Å²) in [6, 6.07) is -0.0831. The van der Waals surface area contributed by atoms with Crippen molar-refractivity contribution in [3.8, 4) is 0 Å². The average Bonchev–Trinajstić information content (AvgIpc) is 3.56. The fraction of sp³-hybridized carbons (Fsp3) is 0.862. The summed E-state index contributed by atoms with van der Waals surface area (Å²) in [5, 5.41) is 9.86. The summed E-state index contributed by atoms with van der Waals surface area (Å²) >= 11 is 0. The van der Waals surface area contributed by atoms with E-state index in [4.69, 9.17) is 9.47 Å². The monoisotopic (exact) mass is 532 g/mol. The molecule has 5 rings (SSSR count). The van der Waals surface area contributed by atoms with Crippen LogP contribution >= 0.6 is 0 Å². The Morgan fingerprint density at radius 3 is 2.51 bits per heavy atom. The van der Waals surface area contributed by atoms with Gasteiger partial charge in [0.1, 0.15) is 0 Å². The zero-order valence-corrected chi connectivity index (χ0v) is 24.6. The molecule has 5 atom stereocenters. The number of hydrogen-bond donors (Lipinski definition) is 1. The lowest BCUT2D eigenvalue weighted by molar-refractivity contribution is -0.151. The molecule has 2 aliphatic carbocycles. The maximum Gasteiger partial charge on any atom is 0.263 e. The minimum absolute atomic E-state index is 0.0174. The molecule has 8 heteroatoms. The number of ether oxygens (including phenoxy) is 2. The van der Waals surface area contributed by atoms with Gasteiger partial charge in [0.15, 0.2) is 5.60 Å². The van der Waals surface area contributed by atoms with E-state index in [1.54, 1.807) is 0 Å². The van der Waals surface area contributed by atoms with Crippen molar-refractivity contribution in [2.24, 2.45) is 5.92 Å². The predicted octanol–water partition coefficient (Wildman–Crippen LogP) is 4.47. The molecule has 208 valence electrons. The number of carbonyl (C=O) groups excluding carboxylic acids is 2.